The molecule has 1 N–H and O–H groups in total. The molecular weight excluding hydrogens is 289 g/mol. The highest BCUT2D eigenvalue weighted by Gasteiger charge is 2.32. The Morgan fingerprint density at radius 1 is 1.29 bits per heavy atom. The molecule has 0 fully saturated rings. The lowest BCUT2D eigenvalue weighted by atomic mass is 10.1. The first kappa shape index (κ1) is 14.8. The Balaban J connectivity index is 2.42. The molecule has 1 heterocycles. The maximum atomic E-state index is 12.9. The summed E-state index contributed by atoms with van der Waals surface area (Å²) in [7, 11) is 0. The molecule has 0 saturated carbocycles. The SMILES string of the molecule is O=C(O)c1cn(Cc2ccccc2C(F)(F)F)cnc1=O. The van der Waals surface area contributed by atoms with Gasteiger partial charge in [-0.05, 0) is 11.6 Å². The summed E-state index contributed by atoms with van der Waals surface area (Å²) in [6.45, 7) is -0.247. The molecule has 21 heavy (non-hydrogen) atoms. The van der Waals surface area contributed by atoms with Gasteiger partial charge in [-0.3, -0.25) is 4.79 Å². The predicted octanol–water partition coefficient (Wildman–Crippen LogP) is 2.01. The number of rotatable bonds is 3. The number of hydrogen-bond acceptors (Lipinski definition) is 3. The zero-order chi connectivity index (χ0) is 15.6. The van der Waals surface area contributed by atoms with E-state index in [1.807, 2.05) is 0 Å². The van der Waals surface area contributed by atoms with Crippen molar-refractivity contribution in [2.45, 2.75) is 12.7 Å². The fraction of sp³-hybridized carbons (Fsp3) is 0.154. The third kappa shape index (κ3) is 3.28. The minimum Gasteiger partial charge on any atom is -0.477 e. The summed E-state index contributed by atoms with van der Waals surface area (Å²) in [5, 5.41) is 8.81. The van der Waals surface area contributed by atoms with Crippen molar-refractivity contribution < 1.29 is 23.1 Å². The van der Waals surface area contributed by atoms with Crippen LogP contribution in [0.15, 0.2) is 41.6 Å². The van der Waals surface area contributed by atoms with Crippen molar-refractivity contribution in [1.82, 2.24) is 9.55 Å². The molecule has 0 spiro atoms. The summed E-state index contributed by atoms with van der Waals surface area (Å²) in [6.07, 6.45) is -2.55. The summed E-state index contributed by atoms with van der Waals surface area (Å²) in [5.41, 5.74) is -2.41. The van der Waals surface area contributed by atoms with Crippen LogP contribution in [0.2, 0.25) is 0 Å². The Bertz CT molecular complexity index is 738. The molecule has 2 rings (SSSR count). The Kier molecular flexibility index (Phi) is 3.79. The highest BCUT2D eigenvalue weighted by atomic mass is 19.4. The van der Waals surface area contributed by atoms with Crippen LogP contribution in [-0.2, 0) is 12.7 Å². The van der Waals surface area contributed by atoms with Gasteiger partial charge in [-0.2, -0.15) is 18.2 Å². The second kappa shape index (κ2) is 5.39. The first-order valence-electron chi connectivity index (χ1n) is 5.73. The van der Waals surface area contributed by atoms with Gasteiger partial charge in [-0.15, -0.1) is 0 Å². The fourth-order valence-corrected chi connectivity index (χ4v) is 1.82. The summed E-state index contributed by atoms with van der Waals surface area (Å²) in [4.78, 5) is 25.4. The number of alkyl halides is 3. The summed E-state index contributed by atoms with van der Waals surface area (Å²) >= 11 is 0. The van der Waals surface area contributed by atoms with Crippen molar-refractivity contribution in [3.05, 3.63) is 63.8 Å². The standard InChI is InChI=1S/C13H9F3N2O3/c14-13(15,16)10-4-2-1-3-8(10)5-18-6-9(12(20)21)11(19)17-7-18/h1-4,6-7H,5H2,(H,20,21). The van der Waals surface area contributed by atoms with Crippen molar-refractivity contribution in [2.75, 3.05) is 0 Å². The zero-order valence-corrected chi connectivity index (χ0v) is 10.5. The van der Waals surface area contributed by atoms with Gasteiger partial charge in [-0.1, -0.05) is 18.2 Å². The highest BCUT2D eigenvalue weighted by Crippen LogP contribution is 2.32. The van der Waals surface area contributed by atoms with Gasteiger partial charge in [0.25, 0.3) is 5.56 Å². The number of carbonyl (C=O) groups is 1. The van der Waals surface area contributed by atoms with E-state index in [0.717, 1.165) is 23.2 Å². The number of hydrogen-bond donors (Lipinski definition) is 1. The average Bonchev–Trinajstić information content (AvgIpc) is 2.40. The molecule has 8 heteroatoms. The van der Waals surface area contributed by atoms with Gasteiger partial charge >= 0.3 is 12.1 Å². The van der Waals surface area contributed by atoms with Crippen molar-refractivity contribution >= 4 is 5.97 Å². The van der Waals surface area contributed by atoms with Crippen molar-refractivity contribution in [1.29, 1.82) is 0 Å². The second-order valence-corrected chi connectivity index (χ2v) is 4.22. The lowest BCUT2D eigenvalue weighted by Crippen LogP contribution is -2.21. The molecule has 0 aliphatic rings. The number of carboxylic acid groups (broad SMARTS) is 1. The molecule has 0 aliphatic heterocycles. The molecule has 1 aromatic carbocycles. The lowest BCUT2D eigenvalue weighted by molar-refractivity contribution is -0.138. The van der Waals surface area contributed by atoms with Gasteiger partial charge in [0, 0.05) is 12.7 Å². The number of nitrogens with zero attached hydrogens (tertiary/aromatic N) is 2. The molecular formula is C13H9F3N2O3. The largest absolute Gasteiger partial charge is 0.477 e. The van der Waals surface area contributed by atoms with Crippen LogP contribution in [0, 0.1) is 0 Å². The molecule has 0 bridgehead atoms. The smallest absolute Gasteiger partial charge is 0.416 e. The molecule has 0 saturated heterocycles. The second-order valence-electron chi connectivity index (χ2n) is 4.22. The third-order valence-corrected chi connectivity index (χ3v) is 2.75. The minimum atomic E-state index is -4.52. The molecule has 0 radical (unpaired) electrons. The summed E-state index contributed by atoms with van der Waals surface area (Å²) in [5.74, 6) is -1.48. The van der Waals surface area contributed by atoms with Gasteiger partial charge in [0.1, 0.15) is 5.56 Å². The van der Waals surface area contributed by atoms with E-state index in [4.69, 9.17) is 5.11 Å². The minimum absolute atomic E-state index is 0.0493. The average molecular weight is 298 g/mol. The first-order valence-corrected chi connectivity index (χ1v) is 5.73. The molecule has 0 aliphatic carbocycles. The van der Waals surface area contributed by atoms with E-state index in [9.17, 15) is 22.8 Å². The molecule has 0 amide bonds. The van der Waals surface area contributed by atoms with Crippen LogP contribution in [0.5, 0.6) is 0 Å². The van der Waals surface area contributed by atoms with Crippen LogP contribution in [0.4, 0.5) is 13.2 Å². The van der Waals surface area contributed by atoms with Crippen molar-refractivity contribution in [3.8, 4) is 0 Å². The fourth-order valence-electron chi connectivity index (χ4n) is 1.82. The highest BCUT2D eigenvalue weighted by molar-refractivity contribution is 5.86. The Morgan fingerprint density at radius 2 is 1.95 bits per heavy atom. The molecule has 110 valence electrons. The predicted molar refractivity (Wildman–Crippen MR) is 66.0 cm³/mol. The van der Waals surface area contributed by atoms with E-state index in [1.165, 1.54) is 18.2 Å². The lowest BCUT2D eigenvalue weighted by Gasteiger charge is -2.14. The van der Waals surface area contributed by atoms with Crippen LogP contribution in [0.1, 0.15) is 21.5 Å². The molecule has 0 unspecified atom stereocenters. The maximum Gasteiger partial charge on any atom is 0.416 e. The van der Waals surface area contributed by atoms with Crippen molar-refractivity contribution in [3.63, 3.8) is 0 Å². The van der Waals surface area contributed by atoms with E-state index in [-0.39, 0.29) is 12.1 Å². The van der Waals surface area contributed by atoms with Gasteiger partial charge in [0.2, 0.25) is 0 Å². The van der Waals surface area contributed by atoms with Gasteiger partial charge < -0.3 is 9.67 Å². The molecule has 5 nitrogen and oxygen atoms in total. The maximum absolute atomic E-state index is 12.9. The summed E-state index contributed by atoms with van der Waals surface area (Å²) < 4.78 is 39.7. The zero-order valence-electron chi connectivity index (χ0n) is 10.5. The van der Waals surface area contributed by atoms with E-state index < -0.39 is 28.8 Å². The number of carboxylic acids is 1. The van der Waals surface area contributed by atoms with E-state index in [0.29, 0.717) is 0 Å². The number of aromatic carboxylic acids is 1. The number of halogens is 3. The number of benzene rings is 1. The summed E-state index contributed by atoms with van der Waals surface area (Å²) in [6, 6.07) is 4.92. The molecule has 0 atom stereocenters. The van der Waals surface area contributed by atoms with Gasteiger partial charge in [-0.25, -0.2) is 4.79 Å². The Labute approximate surface area is 116 Å². The van der Waals surface area contributed by atoms with Gasteiger partial charge in [0.05, 0.1) is 11.9 Å². The first-order chi connectivity index (χ1) is 9.79. The van der Waals surface area contributed by atoms with Crippen LogP contribution >= 0.6 is 0 Å². The monoisotopic (exact) mass is 298 g/mol. The van der Waals surface area contributed by atoms with Crippen LogP contribution < -0.4 is 5.56 Å². The van der Waals surface area contributed by atoms with E-state index in [2.05, 4.69) is 4.98 Å². The van der Waals surface area contributed by atoms with E-state index >= 15 is 0 Å². The van der Waals surface area contributed by atoms with Crippen LogP contribution in [-0.4, -0.2) is 20.6 Å². The van der Waals surface area contributed by atoms with Crippen molar-refractivity contribution in [2.24, 2.45) is 0 Å². The Hall–Kier alpha value is -2.64. The Morgan fingerprint density at radius 3 is 2.57 bits per heavy atom. The van der Waals surface area contributed by atoms with Crippen LogP contribution in [0.25, 0.3) is 0 Å². The topological polar surface area (TPSA) is 72.2 Å². The number of aromatic nitrogens is 2. The molecule has 1 aromatic heterocycles. The normalized spacial score (nSPS) is 11.4. The van der Waals surface area contributed by atoms with E-state index in [1.54, 1.807) is 0 Å². The van der Waals surface area contributed by atoms with Gasteiger partial charge in [0.15, 0.2) is 0 Å². The quantitative estimate of drug-likeness (QED) is 0.941. The van der Waals surface area contributed by atoms with Crippen LogP contribution in [0.3, 0.4) is 0 Å². The third-order valence-electron chi connectivity index (χ3n) is 2.75. The molecule has 2 aromatic rings.